The number of carbonyl (C=O) groups is 1. The van der Waals surface area contributed by atoms with Crippen LogP contribution in [0.25, 0.3) is 0 Å². The van der Waals surface area contributed by atoms with Crippen molar-refractivity contribution in [2.75, 3.05) is 11.1 Å². The van der Waals surface area contributed by atoms with Gasteiger partial charge < -0.3 is 11.1 Å². The van der Waals surface area contributed by atoms with Crippen LogP contribution in [0.3, 0.4) is 0 Å². The van der Waals surface area contributed by atoms with Crippen LogP contribution in [0.5, 0.6) is 0 Å². The number of nitrogen functional groups attached to an aromatic ring is 1. The lowest BCUT2D eigenvalue weighted by Gasteiger charge is -2.09. The topological polar surface area (TPSA) is 55.1 Å². The number of aryl methyl sites for hydroxylation is 1. The second kappa shape index (κ2) is 5.28. The minimum Gasteiger partial charge on any atom is -0.399 e. The maximum Gasteiger partial charge on any atom is 0.255 e. The lowest BCUT2D eigenvalue weighted by molar-refractivity contribution is 0.102. The second-order valence-corrected chi connectivity index (χ2v) is 4.56. The smallest absolute Gasteiger partial charge is 0.255 e. The minimum atomic E-state index is -0.464. The molecule has 3 nitrogen and oxygen atoms in total. The number of anilines is 2. The molecule has 0 heterocycles. The zero-order valence-corrected chi connectivity index (χ0v) is 11.0. The van der Waals surface area contributed by atoms with E-state index in [0.29, 0.717) is 11.3 Å². The van der Waals surface area contributed by atoms with Gasteiger partial charge in [-0.1, -0.05) is 11.6 Å². The molecule has 0 radical (unpaired) electrons. The zero-order chi connectivity index (χ0) is 14.0. The molecule has 5 heteroatoms. The van der Waals surface area contributed by atoms with Gasteiger partial charge in [-0.25, -0.2) is 4.39 Å². The van der Waals surface area contributed by atoms with Crippen molar-refractivity contribution in [2.45, 2.75) is 6.92 Å². The molecule has 0 saturated heterocycles. The molecule has 2 aromatic carbocycles. The number of halogens is 2. The first-order valence-corrected chi connectivity index (χ1v) is 5.97. The number of rotatable bonds is 2. The van der Waals surface area contributed by atoms with E-state index >= 15 is 0 Å². The average molecular weight is 279 g/mol. The largest absolute Gasteiger partial charge is 0.399 e. The van der Waals surface area contributed by atoms with Crippen LogP contribution in [0.15, 0.2) is 36.4 Å². The second-order valence-electron chi connectivity index (χ2n) is 4.15. The molecule has 0 saturated carbocycles. The van der Waals surface area contributed by atoms with Crippen molar-refractivity contribution in [3.63, 3.8) is 0 Å². The SMILES string of the molecule is Cc1cc(N)ccc1C(=O)Nc1cc(F)ccc1Cl. The van der Waals surface area contributed by atoms with E-state index in [0.717, 1.165) is 5.56 Å². The van der Waals surface area contributed by atoms with Gasteiger partial charge in [-0.2, -0.15) is 0 Å². The first-order valence-electron chi connectivity index (χ1n) is 5.60. The Kier molecular flexibility index (Phi) is 3.71. The Labute approximate surface area is 115 Å². The number of carbonyl (C=O) groups excluding carboxylic acids is 1. The van der Waals surface area contributed by atoms with Crippen LogP contribution in [0.4, 0.5) is 15.8 Å². The van der Waals surface area contributed by atoms with Gasteiger partial charge >= 0.3 is 0 Å². The molecule has 0 spiro atoms. The standard InChI is InChI=1S/C14H12ClFN2O/c1-8-6-10(17)3-4-11(8)14(19)18-13-7-9(16)2-5-12(13)15/h2-7H,17H2,1H3,(H,18,19). The summed E-state index contributed by atoms with van der Waals surface area (Å²) in [5.41, 5.74) is 7.65. The summed E-state index contributed by atoms with van der Waals surface area (Å²) >= 11 is 5.89. The lowest BCUT2D eigenvalue weighted by Crippen LogP contribution is -2.14. The van der Waals surface area contributed by atoms with Gasteiger partial charge in [0, 0.05) is 11.3 Å². The molecule has 0 unspecified atom stereocenters. The van der Waals surface area contributed by atoms with Crippen LogP contribution in [0.1, 0.15) is 15.9 Å². The van der Waals surface area contributed by atoms with E-state index in [1.54, 1.807) is 25.1 Å². The number of benzene rings is 2. The van der Waals surface area contributed by atoms with E-state index in [4.69, 9.17) is 17.3 Å². The van der Waals surface area contributed by atoms with E-state index in [-0.39, 0.29) is 16.6 Å². The van der Waals surface area contributed by atoms with Crippen LogP contribution in [0.2, 0.25) is 5.02 Å². The molecule has 2 rings (SSSR count). The number of amides is 1. The number of nitrogens with two attached hydrogens (primary N) is 1. The summed E-state index contributed by atoms with van der Waals surface area (Å²) in [4.78, 5) is 12.1. The number of nitrogens with one attached hydrogen (secondary N) is 1. The van der Waals surface area contributed by atoms with Gasteiger partial charge in [0.15, 0.2) is 0 Å². The van der Waals surface area contributed by atoms with Gasteiger partial charge in [0.05, 0.1) is 10.7 Å². The molecule has 98 valence electrons. The first kappa shape index (κ1) is 13.4. The summed E-state index contributed by atoms with van der Waals surface area (Å²) in [5, 5.41) is 2.86. The Bertz CT molecular complexity index is 643. The van der Waals surface area contributed by atoms with Crippen molar-refractivity contribution in [3.05, 3.63) is 58.4 Å². The van der Waals surface area contributed by atoms with Gasteiger partial charge in [-0.05, 0) is 48.9 Å². The Morgan fingerprint density at radius 3 is 2.68 bits per heavy atom. The maximum absolute atomic E-state index is 13.1. The van der Waals surface area contributed by atoms with Crippen LogP contribution < -0.4 is 11.1 Å². The quantitative estimate of drug-likeness (QED) is 0.824. The summed E-state index contributed by atoms with van der Waals surface area (Å²) in [7, 11) is 0. The van der Waals surface area contributed by atoms with E-state index in [2.05, 4.69) is 5.32 Å². The summed E-state index contributed by atoms with van der Waals surface area (Å²) in [6.45, 7) is 1.78. The first-order chi connectivity index (χ1) is 8.97. The Balaban J connectivity index is 2.28. The van der Waals surface area contributed by atoms with Crippen molar-refractivity contribution >= 4 is 28.9 Å². The monoisotopic (exact) mass is 278 g/mol. The van der Waals surface area contributed by atoms with Crippen molar-refractivity contribution in [1.29, 1.82) is 0 Å². The number of hydrogen-bond donors (Lipinski definition) is 2. The van der Waals surface area contributed by atoms with E-state index in [9.17, 15) is 9.18 Å². The third-order valence-electron chi connectivity index (χ3n) is 2.67. The van der Waals surface area contributed by atoms with Gasteiger partial charge in [0.25, 0.3) is 5.91 Å². The molecule has 0 aliphatic carbocycles. The summed E-state index contributed by atoms with van der Waals surface area (Å²) < 4.78 is 13.1. The fourth-order valence-electron chi connectivity index (χ4n) is 1.72. The van der Waals surface area contributed by atoms with Crippen LogP contribution >= 0.6 is 11.6 Å². The summed E-state index contributed by atoms with van der Waals surface area (Å²) in [6.07, 6.45) is 0. The van der Waals surface area contributed by atoms with Gasteiger partial charge in [0.1, 0.15) is 5.82 Å². The highest BCUT2D eigenvalue weighted by molar-refractivity contribution is 6.33. The molecule has 0 bridgehead atoms. The minimum absolute atomic E-state index is 0.239. The van der Waals surface area contributed by atoms with Gasteiger partial charge in [-0.3, -0.25) is 4.79 Å². The van der Waals surface area contributed by atoms with Gasteiger partial charge in [0.2, 0.25) is 0 Å². The zero-order valence-electron chi connectivity index (χ0n) is 10.2. The normalized spacial score (nSPS) is 10.3. The van der Waals surface area contributed by atoms with E-state index in [1.165, 1.54) is 18.2 Å². The van der Waals surface area contributed by atoms with Crippen molar-refractivity contribution in [2.24, 2.45) is 0 Å². The fraction of sp³-hybridized carbons (Fsp3) is 0.0714. The molecule has 1 amide bonds. The van der Waals surface area contributed by atoms with E-state index < -0.39 is 5.82 Å². The molecule has 0 atom stereocenters. The third kappa shape index (κ3) is 3.03. The molecule has 0 aliphatic heterocycles. The average Bonchev–Trinajstić information content (AvgIpc) is 2.33. The predicted molar refractivity (Wildman–Crippen MR) is 75.0 cm³/mol. The van der Waals surface area contributed by atoms with E-state index in [1.807, 2.05) is 0 Å². The van der Waals surface area contributed by atoms with Crippen molar-refractivity contribution < 1.29 is 9.18 Å². The highest BCUT2D eigenvalue weighted by atomic mass is 35.5. The Hall–Kier alpha value is -2.07. The molecule has 19 heavy (non-hydrogen) atoms. The molecular formula is C14H12ClFN2O. The maximum atomic E-state index is 13.1. The van der Waals surface area contributed by atoms with Crippen LogP contribution in [0, 0.1) is 12.7 Å². The molecular weight excluding hydrogens is 267 g/mol. The van der Waals surface area contributed by atoms with Crippen LogP contribution in [-0.4, -0.2) is 5.91 Å². The van der Waals surface area contributed by atoms with Crippen LogP contribution in [-0.2, 0) is 0 Å². The van der Waals surface area contributed by atoms with Crippen molar-refractivity contribution in [3.8, 4) is 0 Å². The Morgan fingerprint density at radius 1 is 1.26 bits per heavy atom. The molecule has 0 aromatic heterocycles. The molecule has 3 N–H and O–H groups in total. The molecule has 0 fully saturated rings. The highest BCUT2D eigenvalue weighted by Gasteiger charge is 2.11. The van der Waals surface area contributed by atoms with Gasteiger partial charge in [-0.15, -0.1) is 0 Å². The molecule has 2 aromatic rings. The summed E-state index contributed by atoms with van der Waals surface area (Å²) in [5.74, 6) is -0.821. The fourth-order valence-corrected chi connectivity index (χ4v) is 1.89. The van der Waals surface area contributed by atoms with Crippen molar-refractivity contribution in [1.82, 2.24) is 0 Å². The Morgan fingerprint density at radius 2 is 2.00 bits per heavy atom. The summed E-state index contributed by atoms with van der Waals surface area (Å²) in [6, 6.07) is 8.74. The molecule has 0 aliphatic rings. The highest BCUT2D eigenvalue weighted by Crippen LogP contribution is 2.23. The number of hydrogen-bond acceptors (Lipinski definition) is 2. The lowest BCUT2D eigenvalue weighted by atomic mass is 10.1. The predicted octanol–water partition coefficient (Wildman–Crippen LogP) is 3.62. The third-order valence-corrected chi connectivity index (χ3v) is 3.00.